The van der Waals surface area contributed by atoms with Gasteiger partial charge in [0, 0.05) is 22.6 Å². The highest BCUT2D eigenvalue weighted by Crippen LogP contribution is 2.30. The van der Waals surface area contributed by atoms with Gasteiger partial charge in [-0.15, -0.1) is 0 Å². The van der Waals surface area contributed by atoms with Crippen LogP contribution in [0.4, 0.5) is 0 Å². The average molecular weight is 284 g/mol. The molecule has 0 atom stereocenters. The lowest BCUT2D eigenvalue weighted by atomic mass is 10.1. The molecule has 0 saturated heterocycles. The van der Waals surface area contributed by atoms with Crippen LogP contribution in [0.15, 0.2) is 12.1 Å². The molecule has 1 aromatic rings. The van der Waals surface area contributed by atoms with Crippen LogP contribution >= 0.6 is 23.5 Å². The molecular weight excluding hydrogens is 268 g/mol. The lowest BCUT2D eigenvalue weighted by molar-refractivity contribution is 0.466. The molecule has 18 heavy (non-hydrogen) atoms. The summed E-state index contributed by atoms with van der Waals surface area (Å²) in [6, 6.07) is 3.74. The van der Waals surface area contributed by atoms with E-state index in [9.17, 15) is 5.11 Å². The van der Waals surface area contributed by atoms with Crippen LogP contribution in [0, 0.1) is 17.7 Å². The van der Waals surface area contributed by atoms with Crippen molar-refractivity contribution >= 4 is 33.9 Å². The van der Waals surface area contributed by atoms with E-state index in [4.69, 9.17) is 22.3 Å². The van der Waals surface area contributed by atoms with E-state index in [1.165, 1.54) is 23.5 Å². The molecule has 5 nitrogen and oxygen atoms in total. The Labute approximate surface area is 114 Å². The van der Waals surface area contributed by atoms with Gasteiger partial charge in [0.2, 0.25) is 0 Å². The lowest BCUT2D eigenvalue weighted by Gasteiger charge is -2.11. The van der Waals surface area contributed by atoms with Crippen LogP contribution in [0.1, 0.15) is 16.7 Å². The monoisotopic (exact) mass is 284 g/mol. The van der Waals surface area contributed by atoms with E-state index in [1.54, 1.807) is 0 Å². The quantitative estimate of drug-likeness (QED) is 0.427. The number of phenols is 1. The number of phenolic OH excluding ortho intramolecular Hbond substituents is 1. The first kappa shape index (κ1) is 14.7. The molecule has 1 rings (SSSR count). The van der Waals surface area contributed by atoms with Crippen molar-refractivity contribution in [3.05, 3.63) is 28.8 Å². The molecule has 0 aliphatic rings. The Hall–Kier alpha value is -1.34. The third-order valence-electron chi connectivity index (χ3n) is 2.18. The third kappa shape index (κ3) is 4.50. The van der Waals surface area contributed by atoms with Gasteiger partial charge >= 0.3 is 0 Å². The van der Waals surface area contributed by atoms with E-state index in [0.717, 1.165) is 16.7 Å². The summed E-state index contributed by atoms with van der Waals surface area (Å²) in [5.74, 6) is 1.12. The zero-order chi connectivity index (χ0) is 13.7. The topological polar surface area (TPSA) is 120 Å². The maximum Gasteiger partial charge on any atom is 0.151 e. The molecule has 0 aliphatic carbocycles. The van der Waals surface area contributed by atoms with Crippen molar-refractivity contribution in [2.24, 2.45) is 11.5 Å². The van der Waals surface area contributed by atoms with Crippen LogP contribution in [-0.2, 0) is 11.5 Å². The standard InChI is InChI=1S/C11H16N4OS2/c1-6-2-7(4-17-10(12)13)9(16)8(3-6)5-18-11(14)15/h2-3,16H,4-5H2,1H3,(H3,12,13)(H3,14,15). The molecule has 7 heteroatoms. The molecule has 0 fully saturated rings. The highest BCUT2D eigenvalue weighted by atomic mass is 32.2. The van der Waals surface area contributed by atoms with Crippen molar-refractivity contribution < 1.29 is 5.11 Å². The average Bonchev–Trinajstić information content (AvgIpc) is 2.27. The maximum absolute atomic E-state index is 10.1. The van der Waals surface area contributed by atoms with Crippen molar-refractivity contribution in [2.75, 3.05) is 0 Å². The highest BCUT2D eigenvalue weighted by molar-refractivity contribution is 8.13. The van der Waals surface area contributed by atoms with Gasteiger partial charge < -0.3 is 16.6 Å². The minimum atomic E-state index is 0.0237. The minimum absolute atomic E-state index is 0.0237. The van der Waals surface area contributed by atoms with E-state index in [1.807, 2.05) is 19.1 Å². The molecule has 0 saturated carbocycles. The fraction of sp³-hybridized carbons (Fsp3) is 0.273. The second-order valence-corrected chi connectivity index (χ2v) is 5.77. The van der Waals surface area contributed by atoms with Crippen molar-refractivity contribution in [3.63, 3.8) is 0 Å². The van der Waals surface area contributed by atoms with E-state index in [0.29, 0.717) is 11.5 Å². The Balaban J connectivity index is 2.90. The zero-order valence-electron chi connectivity index (χ0n) is 9.99. The van der Waals surface area contributed by atoms with Crippen LogP contribution in [0.5, 0.6) is 5.75 Å². The molecule has 7 N–H and O–H groups in total. The first-order valence-electron chi connectivity index (χ1n) is 5.15. The Morgan fingerprint density at radius 2 is 1.50 bits per heavy atom. The molecule has 0 unspecified atom stereocenters. The number of nitrogens with one attached hydrogen (secondary N) is 2. The predicted molar refractivity (Wildman–Crippen MR) is 79.3 cm³/mol. The number of benzene rings is 1. The van der Waals surface area contributed by atoms with Crippen LogP contribution in [0.2, 0.25) is 0 Å². The third-order valence-corrected chi connectivity index (χ3v) is 3.71. The van der Waals surface area contributed by atoms with Gasteiger partial charge in [0.15, 0.2) is 10.3 Å². The van der Waals surface area contributed by atoms with Crippen molar-refractivity contribution in [2.45, 2.75) is 18.4 Å². The molecule has 0 radical (unpaired) electrons. The normalized spacial score (nSPS) is 10.3. The number of aryl methyl sites for hydroxylation is 1. The molecule has 98 valence electrons. The SMILES string of the molecule is Cc1cc(CSC(=N)N)c(O)c(CSC(=N)N)c1. The molecule has 0 bridgehead atoms. The van der Waals surface area contributed by atoms with Gasteiger partial charge in [-0.3, -0.25) is 10.8 Å². The Morgan fingerprint density at radius 1 is 1.11 bits per heavy atom. The zero-order valence-corrected chi connectivity index (χ0v) is 11.6. The summed E-state index contributed by atoms with van der Waals surface area (Å²) in [7, 11) is 0. The second kappa shape index (κ2) is 6.55. The molecule has 0 aromatic heterocycles. The first-order chi connectivity index (χ1) is 8.40. The maximum atomic E-state index is 10.1. The smallest absolute Gasteiger partial charge is 0.151 e. The van der Waals surface area contributed by atoms with Gasteiger partial charge in [0.1, 0.15) is 5.75 Å². The summed E-state index contributed by atoms with van der Waals surface area (Å²) in [4.78, 5) is 0. The summed E-state index contributed by atoms with van der Waals surface area (Å²) >= 11 is 2.34. The summed E-state index contributed by atoms with van der Waals surface area (Å²) in [5.41, 5.74) is 13.1. The molecule has 0 aliphatic heterocycles. The van der Waals surface area contributed by atoms with Crippen molar-refractivity contribution in [1.82, 2.24) is 0 Å². The summed E-state index contributed by atoms with van der Waals surface area (Å²) in [6.45, 7) is 1.93. The molecule has 1 aromatic carbocycles. The summed E-state index contributed by atoms with van der Waals surface area (Å²) in [6.07, 6.45) is 0. The Bertz CT molecular complexity index is 437. The van der Waals surface area contributed by atoms with Crippen molar-refractivity contribution in [3.8, 4) is 5.75 Å². The van der Waals surface area contributed by atoms with Crippen LogP contribution in [0.3, 0.4) is 0 Å². The fourth-order valence-electron chi connectivity index (χ4n) is 1.47. The molecule has 0 spiro atoms. The van der Waals surface area contributed by atoms with E-state index in [2.05, 4.69) is 0 Å². The second-order valence-electron chi connectivity index (χ2n) is 3.74. The Morgan fingerprint density at radius 3 is 1.83 bits per heavy atom. The largest absolute Gasteiger partial charge is 0.507 e. The number of nitrogens with two attached hydrogens (primary N) is 2. The summed E-state index contributed by atoms with van der Waals surface area (Å²) < 4.78 is 0. The number of aromatic hydroxyl groups is 1. The van der Waals surface area contributed by atoms with Gasteiger partial charge in [0.05, 0.1) is 0 Å². The van der Waals surface area contributed by atoms with E-state index < -0.39 is 0 Å². The fourth-order valence-corrected chi connectivity index (χ4v) is 2.53. The number of rotatable bonds is 4. The molecule has 0 heterocycles. The molecule has 0 amide bonds. The predicted octanol–water partition coefficient (Wildman–Crippen LogP) is 1.95. The Kier molecular flexibility index (Phi) is 5.36. The van der Waals surface area contributed by atoms with Crippen LogP contribution in [0.25, 0.3) is 0 Å². The number of thioether (sulfide) groups is 2. The van der Waals surface area contributed by atoms with Gasteiger partial charge in [0.25, 0.3) is 0 Å². The highest BCUT2D eigenvalue weighted by Gasteiger charge is 2.10. The van der Waals surface area contributed by atoms with E-state index in [-0.39, 0.29) is 16.1 Å². The lowest BCUT2D eigenvalue weighted by Crippen LogP contribution is -2.05. The minimum Gasteiger partial charge on any atom is -0.507 e. The summed E-state index contributed by atoms with van der Waals surface area (Å²) in [5, 5.41) is 24.5. The van der Waals surface area contributed by atoms with Crippen LogP contribution in [-0.4, -0.2) is 15.4 Å². The number of hydrogen-bond donors (Lipinski definition) is 5. The van der Waals surface area contributed by atoms with Gasteiger partial charge in [-0.1, -0.05) is 41.2 Å². The molecular formula is C11H16N4OS2. The van der Waals surface area contributed by atoms with Crippen molar-refractivity contribution in [1.29, 1.82) is 10.8 Å². The number of hydrogen-bond acceptors (Lipinski definition) is 5. The van der Waals surface area contributed by atoms with Gasteiger partial charge in [-0.05, 0) is 6.92 Å². The van der Waals surface area contributed by atoms with Gasteiger partial charge in [-0.2, -0.15) is 0 Å². The van der Waals surface area contributed by atoms with Crippen LogP contribution < -0.4 is 11.5 Å². The first-order valence-corrected chi connectivity index (χ1v) is 7.12. The van der Waals surface area contributed by atoms with Gasteiger partial charge in [-0.25, -0.2) is 0 Å². The number of amidine groups is 2. The van der Waals surface area contributed by atoms with E-state index >= 15 is 0 Å².